The Bertz CT molecular complexity index is 453. The molecule has 1 unspecified atom stereocenters. The predicted octanol–water partition coefficient (Wildman–Crippen LogP) is 2.21. The van der Waals surface area contributed by atoms with E-state index in [4.69, 9.17) is 0 Å². The molecule has 2 aliphatic rings. The molecule has 1 saturated heterocycles. The summed E-state index contributed by atoms with van der Waals surface area (Å²) in [7, 11) is 0. The SMILES string of the molecule is CC1CCCN(c2ccc(C(=O)NC3CC3)nc2)C1. The minimum atomic E-state index is -0.0407. The maximum Gasteiger partial charge on any atom is 0.270 e. The molecule has 1 saturated carbocycles. The van der Waals surface area contributed by atoms with Gasteiger partial charge in [-0.1, -0.05) is 6.92 Å². The molecule has 4 nitrogen and oxygen atoms in total. The standard InChI is InChI=1S/C15H21N3O/c1-11-3-2-8-18(10-11)13-6-7-14(16-9-13)15(19)17-12-4-5-12/h6-7,9,11-12H,2-5,8,10H2,1H3,(H,17,19). The van der Waals surface area contributed by atoms with E-state index in [0.29, 0.717) is 11.7 Å². The number of anilines is 1. The van der Waals surface area contributed by atoms with E-state index in [1.165, 1.54) is 12.8 Å². The Kier molecular flexibility index (Phi) is 3.40. The molecule has 0 spiro atoms. The number of hydrogen-bond acceptors (Lipinski definition) is 3. The second-order valence-corrected chi connectivity index (χ2v) is 5.84. The fourth-order valence-corrected chi connectivity index (χ4v) is 2.62. The van der Waals surface area contributed by atoms with Gasteiger partial charge in [-0.15, -0.1) is 0 Å². The summed E-state index contributed by atoms with van der Waals surface area (Å²) in [5.74, 6) is 0.702. The number of carbonyl (C=O) groups excluding carboxylic acids is 1. The van der Waals surface area contributed by atoms with Gasteiger partial charge in [-0.05, 0) is 43.7 Å². The van der Waals surface area contributed by atoms with Gasteiger partial charge in [0.05, 0.1) is 11.9 Å². The van der Waals surface area contributed by atoms with Crippen LogP contribution in [0.15, 0.2) is 18.3 Å². The number of nitrogens with zero attached hydrogens (tertiary/aromatic N) is 2. The van der Waals surface area contributed by atoms with Crippen LogP contribution in [0.2, 0.25) is 0 Å². The van der Waals surface area contributed by atoms with Crippen LogP contribution in [0.3, 0.4) is 0 Å². The summed E-state index contributed by atoms with van der Waals surface area (Å²) in [5, 5.41) is 2.96. The molecule has 0 radical (unpaired) electrons. The minimum absolute atomic E-state index is 0.0407. The second kappa shape index (κ2) is 5.19. The van der Waals surface area contributed by atoms with Crippen molar-refractivity contribution in [2.45, 2.75) is 38.6 Å². The van der Waals surface area contributed by atoms with Crippen LogP contribution in [-0.2, 0) is 0 Å². The number of carbonyl (C=O) groups is 1. The molecule has 102 valence electrons. The first kappa shape index (κ1) is 12.5. The van der Waals surface area contributed by atoms with E-state index in [2.05, 4.69) is 22.1 Å². The first-order valence-corrected chi connectivity index (χ1v) is 7.24. The van der Waals surface area contributed by atoms with Crippen molar-refractivity contribution in [1.29, 1.82) is 0 Å². The van der Waals surface area contributed by atoms with Crippen LogP contribution in [0.5, 0.6) is 0 Å². The largest absolute Gasteiger partial charge is 0.370 e. The number of rotatable bonds is 3. The Hall–Kier alpha value is -1.58. The molecule has 2 fully saturated rings. The summed E-state index contributed by atoms with van der Waals surface area (Å²) >= 11 is 0. The first-order valence-electron chi connectivity index (χ1n) is 7.24. The van der Waals surface area contributed by atoms with E-state index in [0.717, 1.165) is 37.5 Å². The monoisotopic (exact) mass is 259 g/mol. The van der Waals surface area contributed by atoms with E-state index >= 15 is 0 Å². The lowest BCUT2D eigenvalue weighted by Gasteiger charge is -2.32. The van der Waals surface area contributed by atoms with Crippen molar-refractivity contribution in [2.75, 3.05) is 18.0 Å². The third kappa shape index (κ3) is 3.06. The topological polar surface area (TPSA) is 45.2 Å². The highest BCUT2D eigenvalue weighted by Crippen LogP contribution is 2.23. The van der Waals surface area contributed by atoms with Gasteiger partial charge in [0.1, 0.15) is 5.69 Å². The average molecular weight is 259 g/mol. The van der Waals surface area contributed by atoms with Crippen LogP contribution < -0.4 is 10.2 Å². The van der Waals surface area contributed by atoms with Crippen molar-refractivity contribution < 1.29 is 4.79 Å². The summed E-state index contributed by atoms with van der Waals surface area (Å²) in [6, 6.07) is 4.25. The van der Waals surface area contributed by atoms with Crippen molar-refractivity contribution in [2.24, 2.45) is 5.92 Å². The Morgan fingerprint density at radius 3 is 2.84 bits per heavy atom. The first-order chi connectivity index (χ1) is 9.22. The molecule has 1 atom stereocenters. The highest BCUT2D eigenvalue weighted by molar-refractivity contribution is 5.92. The zero-order valence-corrected chi connectivity index (χ0v) is 11.4. The lowest BCUT2D eigenvalue weighted by atomic mass is 10.00. The molecule has 3 rings (SSSR count). The van der Waals surface area contributed by atoms with Crippen LogP contribution in [0, 0.1) is 5.92 Å². The number of nitrogens with one attached hydrogen (secondary N) is 1. The van der Waals surface area contributed by atoms with E-state index in [1.807, 2.05) is 18.3 Å². The summed E-state index contributed by atoms with van der Waals surface area (Å²) < 4.78 is 0. The van der Waals surface area contributed by atoms with Crippen LogP contribution >= 0.6 is 0 Å². The highest BCUT2D eigenvalue weighted by atomic mass is 16.2. The maximum absolute atomic E-state index is 11.8. The van der Waals surface area contributed by atoms with Gasteiger partial charge in [-0.2, -0.15) is 0 Å². The van der Waals surface area contributed by atoms with Crippen molar-refractivity contribution >= 4 is 11.6 Å². The van der Waals surface area contributed by atoms with E-state index < -0.39 is 0 Å². The molecule has 1 aromatic heterocycles. The molecule has 2 heterocycles. The Labute approximate surface area is 114 Å². The molecule has 1 N–H and O–H groups in total. The van der Waals surface area contributed by atoms with Crippen LogP contribution in [0.4, 0.5) is 5.69 Å². The molecule has 0 aromatic carbocycles. The molecular weight excluding hydrogens is 238 g/mol. The summed E-state index contributed by atoms with van der Waals surface area (Å²) in [6.07, 6.45) is 6.60. The molecule has 0 bridgehead atoms. The van der Waals surface area contributed by atoms with E-state index in [-0.39, 0.29) is 5.91 Å². The van der Waals surface area contributed by atoms with Crippen molar-refractivity contribution in [1.82, 2.24) is 10.3 Å². The molecule has 4 heteroatoms. The summed E-state index contributed by atoms with van der Waals surface area (Å²) in [6.45, 7) is 4.48. The molecule has 19 heavy (non-hydrogen) atoms. The molecular formula is C15H21N3O. The van der Waals surface area contributed by atoms with Crippen molar-refractivity contribution in [3.63, 3.8) is 0 Å². The van der Waals surface area contributed by atoms with Gasteiger partial charge in [0, 0.05) is 19.1 Å². The third-order valence-corrected chi connectivity index (χ3v) is 3.92. The third-order valence-electron chi connectivity index (χ3n) is 3.92. The maximum atomic E-state index is 11.8. The fourth-order valence-electron chi connectivity index (χ4n) is 2.62. The molecule has 1 aromatic rings. The zero-order valence-electron chi connectivity index (χ0n) is 11.4. The van der Waals surface area contributed by atoms with Gasteiger partial charge >= 0.3 is 0 Å². The van der Waals surface area contributed by atoms with Crippen LogP contribution in [0.1, 0.15) is 43.1 Å². The molecule has 1 aliphatic carbocycles. The normalized spacial score (nSPS) is 23.2. The minimum Gasteiger partial charge on any atom is -0.370 e. The van der Waals surface area contributed by atoms with E-state index in [1.54, 1.807) is 0 Å². The fraction of sp³-hybridized carbons (Fsp3) is 0.600. The number of amides is 1. The second-order valence-electron chi connectivity index (χ2n) is 5.84. The van der Waals surface area contributed by atoms with Crippen LogP contribution in [0.25, 0.3) is 0 Å². The molecule has 1 aliphatic heterocycles. The van der Waals surface area contributed by atoms with Crippen molar-refractivity contribution in [3.05, 3.63) is 24.0 Å². The van der Waals surface area contributed by atoms with Gasteiger partial charge in [0.25, 0.3) is 5.91 Å². The highest BCUT2D eigenvalue weighted by Gasteiger charge is 2.24. The smallest absolute Gasteiger partial charge is 0.270 e. The lowest BCUT2D eigenvalue weighted by molar-refractivity contribution is 0.0946. The number of hydrogen-bond donors (Lipinski definition) is 1. The van der Waals surface area contributed by atoms with Crippen molar-refractivity contribution in [3.8, 4) is 0 Å². The zero-order chi connectivity index (χ0) is 13.2. The Morgan fingerprint density at radius 1 is 1.37 bits per heavy atom. The average Bonchev–Trinajstić information content (AvgIpc) is 3.23. The van der Waals surface area contributed by atoms with Gasteiger partial charge in [-0.3, -0.25) is 4.79 Å². The Balaban J connectivity index is 1.65. The van der Waals surface area contributed by atoms with Gasteiger partial charge < -0.3 is 10.2 Å². The predicted molar refractivity (Wildman–Crippen MR) is 75.3 cm³/mol. The lowest BCUT2D eigenvalue weighted by Crippen LogP contribution is -2.34. The number of pyridine rings is 1. The summed E-state index contributed by atoms with van der Waals surface area (Å²) in [4.78, 5) is 18.5. The van der Waals surface area contributed by atoms with Gasteiger partial charge in [-0.25, -0.2) is 4.98 Å². The van der Waals surface area contributed by atoms with Crippen LogP contribution in [-0.4, -0.2) is 30.0 Å². The van der Waals surface area contributed by atoms with Gasteiger partial charge in [0.15, 0.2) is 0 Å². The molecule has 1 amide bonds. The summed E-state index contributed by atoms with van der Waals surface area (Å²) in [5.41, 5.74) is 1.66. The Morgan fingerprint density at radius 2 is 2.21 bits per heavy atom. The number of aromatic nitrogens is 1. The van der Waals surface area contributed by atoms with E-state index in [9.17, 15) is 4.79 Å². The van der Waals surface area contributed by atoms with Gasteiger partial charge in [0.2, 0.25) is 0 Å². The number of piperidine rings is 1. The quantitative estimate of drug-likeness (QED) is 0.905.